The zero-order valence-corrected chi connectivity index (χ0v) is 16.6. The molecule has 1 saturated heterocycles. The molecule has 25 heavy (non-hydrogen) atoms. The SMILES string of the molecule is CC.CC.O=S(=O)(c1ccc2cccc3c2c1CC=C3)N1CCCC1. The Balaban J connectivity index is 0.000000528. The molecule has 3 nitrogen and oxygen atoms in total. The summed E-state index contributed by atoms with van der Waals surface area (Å²) >= 11 is 0. The van der Waals surface area contributed by atoms with Gasteiger partial charge in [-0.15, -0.1) is 0 Å². The first-order chi connectivity index (χ1) is 12.2. The standard InChI is InChI=1S/C17H17NO2S.2C2H6/c19-21(20,18-11-1-2-12-18)16-10-9-14-6-3-5-13-7-4-8-15(16)17(13)14;2*1-2/h3-7,9-10H,1-2,8,11-12H2;2*1-2H3. The van der Waals surface area contributed by atoms with Crippen molar-refractivity contribution in [1.82, 2.24) is 4.31 Å². The molecule has 0 N–H and O–H groups in total. The van der Waals surface area contributed by atoms with Crippen LogP contribution >= 0.6 is 0 Å². The molecule has 4 rings (SSSR count). The lowest BCUT2D eigenvalue weighted by atomic mass is 9.93. The van der Waals surface area contributed by atoms with Gasteiger partial charge in [0.25, 0.3) is 0 Å². The van der Waals surface area contributed by atoms with E-state index < -0.39 is 10.0 Å². The summed E-state index contributed by atoms with van der Waals surface area (Å²) in [6.45, 7) is 9.30. The van der Waals surface area contributed by atoms with Crippen molar-refractivity contribution in [2.45, 2.75) is 51.9 Å². The number of hydrogen-bond acceptors (Lipinski definition) is 2. The Hall–Kier alpha value is -1.65. The molecular formula is C21H29NO2S. The van der Waals surface area contributed by atoms with Crippen LogP contribution in [0.3, 0.4) is 0 Å². The smallest absolute Gasteiger partial charge is 0.207 e. The average Bonchev–Trinajstić information content (AvgIpc) is 3.21. The minimum Gasteiger partial charge on any atom is -0.207 e. The van der Waals surface area contributed by atoms with E-state index in [-0.39, 0.29) is 0 Å². The van der Waals surface area contributed by atoms with E-state index in [1.165, 1.54) is 0 Å². The van der Waals surface area contributed by atoms with Crippen LogP contribution in [0.4, 0.5) is 0 Å². The number of rotatable bonds is 2. The van der Waals surface area contributed by atoms with Crippen LogP contribution in [-0.2, 0) is 16.4 Å². The van der Waals surface area contributed by atoms with E-state index in [9.17, 15) is 8.42 Å². The van der Waals surface area contributed by atoms with Gasteiger partial charge in [0.05, 0.1) is 4.90 Å². The summed E-state index contributed by atoms with van der Waals surface area (Å²) in [6.07, 6.45) is 6.76. The molecule has 1 aliphatic carbocycles. The van der Waals surface area contributed by atoms with Crippen molar-refractivity contribution in [2.75, 3.05) is 13.1 Å². The Morgan fingerprint density at radius 3 is 2.28 bits per heavy atom. The molecule has 2 aromatic carbocycles. The van der Waals surface area contributed by atoms with E-state index >= 15 is 0 Å². The maximum atomic E-state index is 12.9. The second kappa shape index (κ2) is 8.63. The molecule has 1 aliphatic heterocycles. The van der Waals surface area contributed by atoms with Crippen molar-refractivity contribution >= 4 is 26.9 Å². The lowest BCUT2D eigenvalue weighted by molar-refractivity contribution is 0.477. The maximum absolute atomic E-state index is 12.9. The highest BCUT2D eigenvalue weighted by atomic mass is 32.2. The van der Waals surface area contributed by atoms with Crippen molar-refractivity contribution in [1.29, 1.82) is 0 Å². The normalized spacial score (nSPS) is 16.0. The summed E-state index contributed by atoms with van der Waals surface area (Å²) in [5.74, 6) is 0. The summed E-state index contributed by atoms with van der Waals surface area (Å²) in [7, 11) is -3.36. The minimum absolute atomic E-state index is 0.494. The first-order valence-electron chi connectivity index (χ1n) is 9.39. The van der Waals surface area contributed by atoms with Crippen LogP contribution in [0.5, 0.6) is 0 Å². The van der Waals surface area contributed by atoms with Crippen molar-refractivity contribution in [3.05, 3.63) is 47.5 Å². The fraction of sp³-hybridized carbons (Fsp3) is 0.429. The van der Waals surface area contributed by atoms with Gasteiger partial charge in [-0.25, -0.2) is 8.42 Å². The molecule has 0 amide bonds. The Morgan fingerprint density at radius 1 is 0.920 bits per heavy atom. The molecule has 0 unspecified atom stereocenters. The topological polar surface area (TPSA) is 37.4 Å². The van der Waals surface area contributed by atoms with Gasteiger partial charge in [-0.2, -0.15) is 4.31 Å². The summed E-state index contributed by atoms with van der Waals surface area (Å²) < 4.78 is 27.4. The fourth-order valence-corrected chi connectivity index (χ4v) is 5.17. The lowest BCUT2D eigenvalue weighted by Gasteiger charge is -2.21. The summed E-state index contributed by atoms with van der Waals surface area (Å²) in [6, 6.07) is 9.84. The second-order valence-corrected chi connectivity index (χ2v) is 7.61. The third-order valence-electron chi connectivity index (χ3n) is 4.44. The summed E-state index contributed by atoms with van der Waals surface area (Å²) in [4.78, 5) is 0.494. The molecule has 0 bridgehead atoms. The van der Waals surface area contributed by atoms with Gasteiger partial charge in [0.1, 0.15) is 0 Å². The van der Waals surface area contributed by atoms with Crippen LogP contribution in [0.1, 0.15) is 51.7 Å². The van der Waals surface area contributed by atoms with Crippen LogP contribution in [-0.4, -0.2) is 25.8 Å². The fourth-order valence-electron chi connectivity index (χ4n) is 3.42. The van der Waals surface area contributed by atoms with E-state index in [1.54, 1.807) is 10.4 Å². The molecule has 2 aromatic rings. The van der Waals surface area contributed by atoms with Crippen LogP contribution in [0.25, 0.3) is 16.8 Å². The number of allylic oxidation sites excluding steroid dienone is 1. The molecule has 1 heterocycles. The summed E-state index contributed by atoms with van der Waals surface area (Å²) in [5, 5.41) is 2.22. The van der Waals surface area contributed by atoms with Crippen molar-refractivity contribution < 1.29 is 8.42 Å². The zero-order chi connectivity index (χ0) is 18.4. The van der Waals surface area contributed by atoms with Crippen LogP contribution in [0.2, 0.25) is 0 Å². The minimum atomic E-state index is -3.36. The van der Waals surface area contributed by atoms with Gasteiger partial charge >= 0.3 is 0 Å². The Kier molecular flexibility index (Phi) is 6.79. The second-order valence-electron chi connectivity index (χ2n) is 5.71. The van der Waals surface area contributed by atoms with E-state index in [0.717, 1.165) is 34.7 Å². The highest BCUT2D eigenvalue weighted by Crippen LogP contribution is 2.34. The molecule has 2 aliphatic rings. The molecule has 1 fully saturated rings. The lowest BCUT2D eigenvalue weighted by Crippen LogP contribution is -2.28. The van der Waals surface area contributed by atoms with Gasteiger partial charge < -0.3 is 0 Å². The number of hydrogen-bond donors (Lipinski definition) is 0. The van der Waals surface area contributed by atoms with Gasteiger partial charge in [-0.3, -0.25) is 0 Å². The van der Waals surface area contributed by atoms with Gasteiger partial charge in [0.15, 0.2) is 0 Å². The van der Waals surface area contributed by atoms with E-state index in [2.05, 4.69) is 12.2 Å². The monoisotopic (exact) mass is 359 g/mol. The summed E-state index contributed by atoms with van der Waals surface area (Å²) in [5.41, 5.74) is 2.07. The molecule has 0 spiro atoms. The first kappa shape index (κ1) is 19.7. The van der Waals surface area contributed by atoms with Gasteiger partial charge in [-0.1, -0.05) is 64.1 Å². The molecule has 136 valence electrons. The zero-order valence-electron chi connectivity index (χ0n) is 15.7. The molecule has 4 heteroatoms. The maximum Gasteiger partial charge on any atom is 0.243 e. The predicted molar refractivity (Wildman–Crippen MR) is 107 cm³/mol. The Bertz CT molecular complexity index is 848. The number of sulfonamides is 1. The van der Waals surface area contributed by atoms with Gasteiger partial charge in [0.2, 0.25) is 10.0 Å². The number of nitrogens with zero attached hydrogens (tertiary/aromatic N) is 1. The van der Waals surface area contributed by atoms with Crippen molar-refractivity contribution in [3.8, 4) is 0 Å². The van der Waals surface area contributed by atoms with Crippen LogP contribution < -0.4 is 0 Å². The van der Waals surface area contributed by atoms with Crippen molar-refractivity contribution in [3.63, 3.8) is 0 Å². The molecule has 0 radical (unpaired) electrons. The molecule has 0 saturated carbocycles. The highest BCUT2D eigenvalue weighted by molar-refractivity contribution is 7.89. The predicted octanol–water partition coefficient (Wildman–Crippen LogP) is 5.25. The highest BCUT2D eigenvalue weighted by Gasteiger charge is 2.30. The van der Waals surface area contributed by atoms with Crippen LogP contribution in [0.15, 0.2) is 41.3 Å². The molecule has 0 aromatic heterocycles. The molecular weight excluding hydrogens is 330 g/mol. The van der Waals surface area contributed by atoms with Crippen LogP contribution in [0, 0.1) is 0 Å². The van der Waals surface area contributed by atoms with E-state index in [4.69, 9.17) is 0 Å². The largest absolute Gasteiger partial charge is 0.243 e. The molecule has 0 atom stereocenters. The quantitative estimate of drug-likeness (QED) is 0.735. The van der Waals surface area contributed by atoms with Gasteiger partial charge in [-0.05, 0) is 47.2 Å². The van der Waals surface area contributed by atoms with E-state index in [1.807, 2.05) is 52.0 Å². The first-order valence-corrected chi connectivity index (χ1v) is 10.8. The van der Waals surface area contributed by atoms with Crippen molar-refractivity contribution in [2.24, 2.45) is 0 Å². The van der Waals surface area contributed by atoms with E-state index in [0.29, 0.717) is 24.4 Å². The average molecular weight is 360 g/mol. The van der Waals surface area contributed by atoms with Gasteiger partial charge in [0, 0.05) is 13.1 Å². The Labute approximate surface area is 152 Å². The number of benzene rings is 2. The Morgan fingerprint density at radius 2 is 1.60 bits per heavy atom. The third kappa shape index (κ3) is 3.65. The third-order valence-corrected chi connectivity index (χ3v) is 6.43.